The molecular formula is C10H19OP. The van der Waals surface area contributed by atoms with Crippen molar-refractivity contribution in [2.75, 3.05) is 12.3 Å². The maximum Gasteiger partial charge on any atom is 0.110 e. The second-order valence-electron chi connectivity index (χ2n) is 3.46. The van der Waals surface area contributed by atoms with Crippen molar-refractivity contribution in [1.82, 2.24) is 0 Å². The van der Waals surface area contributed by atoms with E-state index < -0.39 is 7.14 Å². The highest BCUT2D eigenvalue weighted by Crippen LogP contribution is 2.56. The van der Waals surface area contributed by atoms with Gasteiger partial charge in [-0.25, -0.2) is 0 Å². The van der Waals surface area contributed by atoms with Gasteiger partial charge in [0.1, 0.15) is 7.14 Å². The lowest BCUT2D eigenvalue weighted by Gasteiger charge is -2.21. The quantitative estimate of drug-likeness (QED) is 0.612. The van der Waals surface area contributed by atoms with Crippen LogP contribution in [0.4, 0.5) is 0 Å². The first-order valence-corrected chi connectivity index (χ1v) is 7.08. The van der Waals surface area contributed by atoms with Crippen molar-refractivity contribution in [1.29, 1.82) is 0 Å². The molecule has 0 aliphatic heterocycles. The first-order chi connectivity index (χ1) is 5.73. The summed E-state index contributed by atoms with van der Waals surface area (Å²) < 4.78 is 12.2. The van der Waals surface area contributed by atoms with Crippen LogP contribution in [0.2, 0.25) is 0 Å². The van der Waals surface area contributed by atoms with Crippen LogP contribution in [0.3, 0.4) is 0 Å². The van der Waals surface area contributed by atoms with Gasteiger partial charge in [0.15, 0.2) is 0 Å². The van der Waals surface area contributed by atoms with Crippen molar-refractivity contribution in [3.8, 4) is 0 Å². The molecule has 2 heteroatoms. The average molecular weight is 186 g/mol. The lowest BCUT2D eigenvalue weighted by molar-refractivity contribution is 0.576. The van der Waals surface area contributed by atoms with Crippen molar-refractivity contribution in [2.45, 2.75) is 39.5 Å². The Bertz CT molecular complexity index is 210. The van der Waals surface area contributed by atoms with Gasteiger partial charge in [-0.1, -0.05) is 19.9 Å². The minimum Gasteiger partial charge on any atom is -0.319 e. The zero-order valence-electron chi connectivity index (χ0n) is 8.18. The Morgan fingerprint density at radius 3 is 2.42 bits per heavy atom. The number of hydrogen-bond acceptors (Lipinski definition) is 1. The van der Waals surface area contributed by atoms with Crippen LogP contribution in [0.25, 0.3) is 0 Å². The fourth-order valence-corrected chi connectivity index (χ4v) is 4.11. The van der Waals surface area contributed by atoms with E-state index in [0.29, 0.717) is 0 Å². The largest absolute Gasteiger partial charge is 0.319 e. The Hall–Kier alpha value is -0.0300. The monoisotopic (exact) mass is 186 g/mol. The lowest BCUT2D eigenvalue weighted by Crippen LogP contribution is -1.98. The molecule has 0 aromatic heterocycles. The smallest absolute Gasteiger partial charge is 0.110 e. The third-order valence-electron chi connectivity index (χ3n) is 2.81. The SMILES string of the molecule is CCP(=O)(CC)C1=CCCCC1. The van der Waals surface area contributed by atoms with Crippen molar-refractivity contribution >= 4 is 7.14 Å². The van der Waals surface area contributed by atoms with Gasteiger partial charge in [0.05, 0.1) is 0 Å². The van der Waals surface area contributed by atoms with Crippen LogP contribution >= 0.6 is 7.14 Å². The highest BCUT2D eigenvalue weighted by Gasteiger charge is 2.23. The molecule has 0 heterocycles. The molecular weight excluding hydrogens is 167 g/mol. The van der Waals surface area contributed by atoms with Crippen molar-refractivity contribution < 1.29 is 4.57 Å². The minimum absolute atomic E-state index is 0.856. The van der Waals surface area contributed by atoms with Crippen molar-refractivity contribution in [2.24, 2.45) is 0 Å². The van der Waals surface area contributed by atoms with Gasteiger partial charge in [-0.3, -0.25) is 0 Å². The first-order valence-electron chi connectivity index (χ1n) is 5.00. The molecule has 0 unspecified atom stereocenters. The van der Waals surface area contributed by atoms with E-state index in [1.54, 1.807) is 0 Å². The van der Waals surface area contributed by atoms with E-state index in [1.807, 2.05) is 0 Å². The molecule has 0 atom stereocenters. The summed E-state index contributed by atoms with van der Waals surface area (Å²) >= 11 is 0. The third kappa shape index (κ3) is 2.01. The summed E-state index contributed by atoms with van der Waals surface area (Å²) in [6.45, 7) is 4.11. The molecule has 1 aliphatic rings. The van der Waals surface area contributed by atoms with Crippen molar-refractivity contribution in [3.05, 3.63) is 11.4 Å². The molecule has 0 fully saturated rings. The summed E-state index contributed by atoms with van der Waals surface area (Å²) in [4.78, 5) is 0. The van der Waals surface area contributed by atoms with Gasteiger partial charge in [-0.2, -0.15) is 0 Å². The van der Waals surface area contributed by atoms with Gasteiger partial charge in [0, 0.05) is 12.3 Å². The number of rotatable bonds is 3. The fourth-order valence-electron chi connectivity index (χ4n) is 1.82. The second kappa shape index (κ2) is 4.28. The molecule has 12 heavy (non-hydrogen) atoms. The molecule has 0 amide bonds. The maximum atomic E-state index is 12.2. The first kappa shape index (κ1) is 10.1. The normalized spacial score (nSPS) is 19.0. The van der Waals surface area contributed by atoms with Gasteiger partial charge in [0.2, 0.25) is 0 Å². The fraction of sp³-hybridized carbons (Fsp3) is 0.800. The number of hydrogen-bond donors (Lipinski definition) is 0. The van der Waals surface area contributed by atoms with Crippen LogP contribution in [0.5, 0.6) is 0 Å². The Morgan fingerprint density at radius 2 is 2.00 bits per heavy atom. The van der Waals surface area contributed by atoms with Gasteiger partial charge in [-0.15, -0.1) is 0 Å². The van der Waals surface area contributed by atoms with E-state index in [9.17, 15) is 4.57 Å². The topological polar surface area (TPSA) is 17.1 Å². The Kier molecular flexibility index (Phi) is 3.58. The molecule has 1 rings (SSSR count). The van der Waals surface area contributed by atoms with Crippen LogP contribution in [-0.2, 0) is 4.57 Å². The van der Waals surface area contributed by atoms with E-state index in [-0.39, 0.29) is 0 Å². The summed E-state index contributed by atoms with van der Waals surface area (Å²) in [5, 5.41) is 1.29. The zero-order chi connectivity index (χ0) is 9.03. The molecule has 0 N–H and O–H groups in total. The highest BCUT2D eigenvalue weighted by molar-refractivity contribution is 7.68. The maximum absolute atomic E-state index is 12.2. The van der Waals surface area contributed by atoms with Crippen LogP contribution in [0, 0.1) is 0 Å². The Labute approximate surface area is 75.6 Å². The standard InChI is InChI=1S/C10H19OP/c1-3-12(11,4-2)10-8-6-5-7-9-10/h8H,3-7,9H2,1-2H3. The molecule has 1 nitrogen and oxygen atoms in total. The van der Waals surface area contributed by atoms with Crippen LogP contribution in [0.15, 0.2) is 11.4 Å². The average Bonchev–Trinajstić information content (AvgIpc) is 2.18. The summed E-state index contributed by atoms with van der Waals surface area (Å²) in [7, 11) is -1.90. The third-order valence-corrected chi connectivity index (χ3v) is 6.31. The van der Waals surface area contributed by atoms with Gasteiger partial charge in [0.25, 0.3) is 0 Å². The minimum atomic E-state index is -1.90. The Morgan fingerprint density at radius 1 is 1.33 bits per heavy atom. The molecule has 0 aromatic carbocycles. The molecule has 0 saturated heterocycles. The molecule has 0 aromatic rings. The number of allylic oxidation sites excluding steroid dienone is 2. The molecule has 0 spiro atoms. The second-order valence-corrected chi connectivity index (χ2v) is 7.08. The van der Waals surface area contributed by atoms with Gasteiger partial charge < -0.3 is 4.57 Å². The predicted molar refractivity (Wildman–Crippen MR) is 55.2 cm³/mol. The lowest BCUT2D eigenvalue weighted by atomic mass is 10.1. The predicted octanol–water partition coefficient (Wildman–Crippen LogP) is 3.85. The van der Waals surface area contributed by atoms with Crippen LogP contribution in [-0.4, -0.2) is 12.3 Å². The van der Waals surface area contributed by atoms with Gasteiger partial charge >= 0.3 is 0 Å². The van der Waals surface area contributed by atoms with E-state index in [0.717, 1.165) is 25.2 Å². The molecule has 0 saturated carbocycles. The summed E-state index contributed by atoms with van der Waals surface area (Å²) in [6, 6.07) is 0. The van der Waals surface area contributed by atoms with E-state index >= 15 is 0 Å². The molecule has 0 radical (unpaired) electrons. The van der Waals surface area contributed by atoms with Crippen LogP contribution < -0.4 is 0 Å². The Balaban J connectivity index is 2.78. The summed E-state index contributed by atoms with van der Waals surface area (Å²) in [5.74, 6) is 0. The van der Waals surface area contributed by atoms with E-state index in [4.69, 9.17) is 0 Å². The molecule has 70 valence electrons. The van der Waals surface area contributed by atoms with Crippen LogP contribution in [0.1, 0.15) is 39.5 Å². The van der Waals surface area contributed by atoms with E-state index in [2.05, 4.69) is 19.9 Å². The summed E-state index contributed by atoms with van der Waals surface area (Å²) in [5.41, 5.74) is 0. The summed E-state index contributed by atoms with van der Waals surface area (Å²) in [6.07, 6.45) is 8.73. The highest BCUT2D eigenvalue weighted by atomic mass is 31.2. The van der Waals surface area contributed by atoms with Crippen molar-refractivity contribution in [3.63, 3.8) is 0 Å². The van der Waals surface area contributed by atoms with E-state index in [1.165, 1.54) is 18.2 Å². The molecule has 0 bridgehead atoms. The molecule has 1 aliphatic carbocycles. The zero-order valence-corrected chi connectivity index (χ0v) is 9.07. The van der Waals surface area contributed by atoms with Gasteiger partial charge in [-0.05, 0) is 31.0 Å².